The molecule has 0 aliphatic rings. The molecule has 6 heteroatoms. The van der Waals surface area contributed by atoms with Crippen LogP contribution in [0.3, 0.4) is 0 Å². The summed E-state index contributed by atoms with van der Waals surface area (Å²) in [5.41, 5.74) is 2.31. The molecule has 0 aliphatic heterocycles. The maximum atomic E-state index is 12.7. The Balaban J connectivity index is 1.92. The summed E-state index contributed by atoms with van der Waals surface area (Å²) in [5, 5.41) is 0. The predicted molar refractivity (Wildman–Crippen MR) is 121 cm³/mol. The zero-order valence-corrected chi connectivity index (χ0v) is 19.2. The van der Waals surface area contributed by atoms with Crippen LogP contribution in [-0.2, 0) is 17.6 Å². The van der Waals surface area contributed by atoms with Crippen LogP contribution < -0.4 is 9.47 Å². The second-order valence-electron chi connectivity index (χ2n) is 6.22. The molecule has 0 saturated carbocycles. The first-order valence-electron chi connectivity index (χ1n) is 8.71. The number of amides is 1. The molecular formula is C21H26INO3S. The summed E-state index contributed by atoms with van der Waals surface area (Å²) < 4.78 is 10.5. The SMILES string of the molecule is COc1ccc(CCN(C)C(=O)C(I)Cc2cccc(SC)c2)cc1OC. The number of hydrogen-bond acceptors (Lipinski definition) is 4. The highest BCUT2D eigenvalue weighted by Gasteiger charge is 2.19. The van der Waals surface area contributed by atoms with E-state index in [2.05, 4.69) is 53.1 Å². The van der Waals surface area contributed by atoms with Crippen LogP contribution in [0.1, 0.15) is 11.1 Å². The second kappa shape index (κ2) is 10.8. The van der Waals surface area contributed by atoms with E-state index in [1.54, 1.807) is 26.0 Å². The molecule has 2 aromatic rings. The van der Waals surface area contributed by atoms with Gasteiger partial charge in [-0.2, -0.15) is 0 Å². The molecule has 1 atom stereocenters. The number of carbonyl (C=O) groups is 1. The van der Waals surface area contributed by atoms with Crippen molar-refractivity contribution in [3.05, 3.63) is 53.6 Å². The maximum absolute atomic E-state index is 12.7. The van der Waals surface area contributed by atoms with Crippen molar-refractivity contribution in [1.82, 2.24) is 4.90 Å². The van der Waals surface area contributed by atoms with E-state index >= 15 is 0 Å². The third-order valence-electron chi connectivity index (χ3n) is 4.38. The number of likely N-dealkylation sites (N-methyl/N-ethyl adjacent to an activating group) is 1. The lowest BCUT2D eigenvalue weighted by Crippen LogP contribution is -2.35. The van der Waals surface area contributed by atoms with Crippen molar-refractivity contribution in [3.63, 3.8) is 0 Å². The molecule has 1 unspecified atom stereocenters. The Kier molecular flexibility index (Phi) is 8.76. The number of nitrogens with zero attached hydrogens (tertiary/aromatic N) is 1. The van der Waals surface area contributed by atoms with E-state index in [9.17, 15) is 4.79 Å². The van der Waals surface area contributed by atoms with Gasteiger partial charge in [-0.1, -0.05) is 40.8 Å². The molecule has 27 heavy (non-hydrogen) atoms. The normalized spacial score (nSPS) is 11.7. The van der Waals surface area contributed by atoms with Gasteiger partial charge in [0.05, 0.1) is 18.1 Å². The van der Waals surface area contributed by atoms with Crippen molar-refractivity contribution in [1.29, 1.82) is 0 Å². The highest BCUT2D eigenvalue weighted by Crippen LogP contribution is 2.27. The Morgan fingerprint density at radius 1 is 1.11 bits per heavy atom. The first-order chi connectivity index (χ1) is 13.0. The monoisotopic (exact) mass is 499 g/mol. The third kappa shape index (κ3) is 6.31. The molecule has 0 saturated heterocycles. The fourth-order valence-electron chi connectivity index (χ4n) is 2.78. The lowest BCUT2D eigenvalue weighted by molar-refractivity contribution is -0.128. The molecule has 0 heterocycles. The van der Waals surface area contributed by atoms with Gasteiger partial charge in [0.1, 0.15) is 0 Å². The summed E-state index contributed by atoms with van der Waals surface area (Å²) in [7, 11) is 5.12. The molecule has 0 bridgehead atoms. The van der Waals surface area contributed by atoms with Gasteiger partial charge in [-0.25, -0.2) is 0 Å². The van der Waals surface area contributed by atoms with Gasteiger partial charge in [-0.3, -0.25) is 4.79 Å². The summed E-state index contributed by atoms with van der Waals surface area (Å²) in [6, 6.07) is 14.3. The predicted octanol–water partition coefficient (Wildman–Crippen LogP) is 4.47. The summed E-state index contributed by atoms with van der Waals surface area (Å²) in [6.45, 7) is 0.665. The molecule has 0 N–H and O–H groups in total. The van der Waals surface area contributed by atoms with Gasteiger partial charge in [0.2, 0.25) is 5.91 Å². The van der Waals surface area contributed by atoms with Crippen molar-refractivity contribution in [2.75, 3.05) is 34.1 Å². The zero-order chi connectivity index (χ0) is 19.8. The number of methoxy groups -OCH3 is 2. The molecule has 2 rings (SSSR count). The fourth-order valence-corrected chi connectivity index (χ4v) is 4.24. The van der Waals surface area contributed by atoms with Crippen molar-refractivity contribution in [3.8, 4) is 11.5 Å². The lowest BCUT2D eigenvalue weighted by Gasteiger charge is -2.21. The van der Waals surface area contributed by atoms with E-state index in [-0.39, 0.29) is 9.83 Å². The molecular weight excluding hydrogens is 473 g/mol. The van der Waals surface area contributed by atoms with Crippen LogP contribution in [0.5, 0.6) is 11.5 Å². The van der Waals surface area contributed by atoms with Gasteiger partial charge in [0, 0.05) is 18.5 Å². The molecule has 2 aromatic carbocycles. The van der Waals surface area contributed by atoms with Crippen LogP contribution in [-0.4, -0.2) is 48.8 Å². The van der Waals surface area contributed by atoms with Gasteiger partial charge in [0.15, 0.2) is 11.5 Å². The topological polar surface area (TPSA) is 38.8 Å². The summed E-state index contributed by atoms with van der Waals surface area (Å²) in [4.78, 5) is 15.8. The van der Waals surface area contributed by atoms with E-state index in [1.165, 1.54) is 10.5 Å². The Morgan fingerprint density at radius 2 is 1.85 bits per heavy atom. The maximum Gasteiger partial charge on any atom is 0.235 e. The number of halogens is 1. The molecule has 0 spiro atoms. The van der Waals surface area contributed by atoms with Crippen LogP contribution in [0, 0.1) is 0 Å². The molecule has 146 valence electrons. The van der Waals surface area contributed by atoms with Gasteiger partial charge in [-0.15, -0.1) is 11.8 Å². The molecule has 0 radical (unpaired) electrons. The Bertz CT molecular complexity index is 769. The van der Waals surface area contributed by atoms with Crippen LogP contribution in [0.15, 0.2) is 47.4 Å². The van der Waals surface area contributed by atoms with Crippen LogP contribution >= 0.6 is 34.4 Å². The van der Waals surface area contributed by atoms with Crippen molar-refractivity contribution < 1.29 is 14.3 Å². The van der Waals surface area contributed by atoms with E-state index in [0.717, 1.165) is 18.4 Å². The summed E-state index contributed by atoms with van der Waals surface area (Å²) in [6.07, 6.45) is 3.58. The fraction of sp³-hybridized carbons (Fsp3) is 0.381. The average Bonchev–Trinajstić information content (AvgIpc) is 2.71. The minimum atomic E-state index is -0.0740. The smallest absolute Gasteiger partial charge is 0.235 e. The van der Waals surface area contributed by atoms with Gasteiger partial charge in [0.25, 0.3) is 0 Å². The molecule has 0 aromatic heterocycles. The van der Waals surface area contributed by atoms with Crippen molar-refractivity contribution >= 4 is 40.3 Å². The third-order valence-corrected chi connectivity index (χ3v) is 6.08. The van der Waals surface area contributed by atoms with Gasteiger partial charge >= 0.3 is 0 Å². The Morgan fingerprint density at radius 3 is 2.52 bits per heavy atom. The van der Waals surface area contributed by atoms with E-state index < -0.39 is 0 Å². The molecule has 4 nitrogen and oxygen atoms in total. The standard InChI is InChI=1S/C21H26INO3S/c1-23(11-10-15-8-9-19(25-2)20(14-15)26-3)21(24)18(22)13-16-6-5-7-17(12-16)27-4/h5-9,12,14,18H,10-11,13H2,1-4H3. The molecule has 0 fully saturated rings. The van der Waals surface area contributed by atoms with E-state index in [4.69, 9.17) is 9.47 Å². The van der Waals surface area contributed by atoms with Crippen LogP contribution in [0.4, 0.5) is 0 Å². The summed E-state index contributed by atoms with van der Waals surface area (Å²) in [5.74, 6) is 1.58. The number of rotatable bonds is 9. The van der Waals surface area contributed by atoms with Gasteiger partial charge < -0.3 is 14.4 Å². The van der Waals surface area contributed by atoms with Crippen LogP contribution in [0.25, 0.3) is 0 Å². The number of ether oxygens (including phenoxy) is 2. The first-order valence-corrected chi connectivity index (χ1v) is 11.2. The second-order valence-corrected chi connectivity index (χ2v) is 8.61. The number of thioether (sulfide) groups is 1. The highest BCUT2D eigenvalue weighted by molar-refractivity contribution is 14.1. The first kappa shape index (κ1) is 21.9. The van der Waals surface area contributed by atoms with E-state index in [0.29, 0.717) is 18.0 Å². The summed E-state index contributed by atoms with van der Waals surface area (Å²) >= 11 is 3.97. The minimum Gasteiger partial charge on any atom is -0.493 e. The Hall–Kier alpha value is -1.41. The average molecular weight is 499 g/mol. The van der Waals surface area contributed by atoms with Crippen molar-refractivity contribution in [2.45, 2.75) is 21.7 Å². The number of alkyl halides is 1. The highest BCUT2D eigenvalue weighted by atomic mass is 127. The number of hydrogen-bond donors (Lipinski definition) is 0. The van der Waals surface area contributed by atoms with Crippen molar-refractivity contribution in [2.24, 2.45) is 0 Å². The molecule has 1 amide bonds. The largest absolute Gasteiger partial charge is 0.493 e. The number of benzene rings is 2. The lowest BCUT2D eigenvalue weighted by atomic mass is 10.1. The molecule has 0 aliphatic carbocycles. The zero-order valence-electron chi connectivity index (χ0n) is 16.2. The number of carbonyl (C=O) groups excluding carboxylic acids is 1. The van der Waals surface area contributed by atoms with E-state index in [1.807, 2.05) is 30.1 Å². The Labute approximate surface area is 179 Å². The van der Waals surface area contributed by atoms with Gasteiger partial charge in [-0.05, 0) is 54.5 Å². The quantitative estimate of drug-likeness (QED) is 0.290. The minimum absolute atomic E-state index is 0.0740. The van der Waals surface area contributed by atoms with Crippen LogP contribution in [0.2, 0.25) is 0 Å².